The Morgan fingerprint density at radius 2 is 1.50 bits per heavy atom. The third-order valence-electron chi connectivity index (χ3n) is 5.58. The van der Waals surface area contributed by atoms with Crippen LogP contribution in [0.2, 0.25) is 0 Å². The van der Waals surface area contributed by atoms with Crippen LogP contribution in [-0.2, 0) is 0 Å². The summed E-state index contributed by atoms with van der Waals surface area (Å²) in [5, 5.41) is 0. The van der Waals surface area contributed by atoms with Crippen LogP contribution >= 0.6 is 0 Å². The first-order valence-corrected chi connectivity index (χ1v) is 9.53. The van der Waals surface area contributed by atoms with E-state index in [1.807, 2.05) is 0 Å². The Kier molecular flexibility index (Phi) is 4.51. The lowest BCUT2D eigenvalue weighted by atomic mass is 9.88. The summed E-state index contributed by atoms with van der Waals surface area (Å²) in [5.74, 6) is 0.597. The largest absolute Gasteiger partial charge is 0.0648 e. The first kappa shape index (κ1) is 16.8. The third-order valence-corrected chi connectivity index (χ3v) is 5.58. The lowest BCUT2D eigenvalue weighted by Crippen LogP contribution is -1.95. The maximum absolute atomic E-state index is 2.41. The summed E-state index contributed by atoms with van der Waals surface area (Å²) >= 11 is 0. The molecule has 1 radical (unpaired) electrons. The zero-order chi connectivity index (χ0) is 18.1. The van der Waals surface area contributed by atoms with Crippen LogP contribution in [-0.4, -0.2) is 0 Å². The number of aryl methyl sites for hydroxylation is 1. The van der Waals surface area contributed by atoms with E-state index in [-0.39, 0.29) is 0 Å². The van der Waals surface area contributed by atoms with Crippen LogP contribution in [0, 0.1) is 19.3 Å². The molecule has 1 unspecified atom stereocenters. The SMILES string of the molecule is CCC(C)C1=Cc2c(ccc(C)c2-c2ccccc2-c2ccccc2)[CH]1. The predicted molar refractivity (Wildman–Crippen MR) is 113 cm³/mol. The fourth-order valence-electron chi connectivity index (χ4n) is 3.86. The summed E-state index contributed by atoms with van der Waals surface area (Å²) in [6.45, 7) is 6.81. The monoisotopic (exact) mass is 337 g/mol. The van der Waals surface area contributed by atoms with E-state index in [9.17, 15) is 0 Å². The van der Waals surface area contributed by atoms with Gasteiger partial charge in [-0.05, 0) is 58.2 Å². The number of benzene rings is 3. The highest BCUT2D eigenvalue weighted by atomic mass is 14.3. The molecule has 1 atom stereocenters. The van der Waals surface area contributed by atoms with Crippen molar-refractivity contribution in [1.29, 1.82) is 0 Å². The van der Waals surface area contributed by atoms with Crippen molar-refractivity contribution >= 4 is 6.08 Å². The van der Waals surface area contributed by atoms with Crippen molar-refractivity contribution in [3.05, 3.63) is 95.4 Å². The minimum absolute atomic E-state index is 0.597. The zero-order valence-corrected chi connectivity index (χ0v) is 15.8. The van der Waals surface area contributed by atoms with Crippen LogP contribution in [0.5, 0.6) is 0 Å². The average molecular weight is 337 g/mol. The summed E-state index contributed by atoms with van der Waals surface area (Å²) in [4.78, 5) is 0. The van der Waals surface area contributed by atoms with Gasteiger partial charge in [0.05, 0.1) is 0 Å². The molecule has 0 heteroatoms. The molecule has 0 amide bonds. The van der Waals surface area contributed by atoms with Gasteiger partial charge in [-0.3, -0.25) is 0 Å². The maximum atomic E-state index is 2.41. The van der Waals surface area contributed by atoms with Gasteiger partial charge in [0.25, 0.3) is 0 Å². The Balaban J connectivity index is 1.92. The number of rotatable bonds is 4. The summed E-state index contributed by atoms with van der Waals surface area (Å²) < 4.78 is 0. The number of hydrogen-bond acceptors (Lipinski definition) is 0. The molecule has 0 saturated carbocycles. The Morgan fingerprint density at radius 3 is 2.23 bits per heavy atom. The molecule has 0 aromatic heterocycles. The smallest absolute Gasteiger partial charge is 0.0167 e. The molecule has 0 spiro atoms. The van der Waals surface area contributed by atoms with E-state index in [1.54, 1.807) is 0 Å². The number of hydrogen-bond donors (Lipinski definition) is 0. The second-order valence-corrected chi connectivity index (χ2v) is 7.27. The molecule has 26 heavy (non-hydrogen) atoms. The van der Waals surface area contributed by atoms with Gasteiger partial charge in [0.15, 0.2) is 0 Å². The molecular weight excluding hydrogens is 312 g/mol. The molecule has 0 heterocycles. The molecule has 0 saturated heterocycles. The first-order chi connectivity index (χ1) is 12.7. The lowest BCUT2D eigenvalue weighted by molar-refractivity contribution is 0.669. The fraction of sp³-hybridized carbons (Fsp3) is 0.192. The van der Waals surface area contributed by atoms with E-state index in [0.717, 1.165) is 0 Å². The van der Waals surface area contributed by atoms with Crippen molar-refractivity contribution in [2.75, 3.05) is 0 Å². The van der Waals surface area contributed by atoms with Gasteiger partial charge in [0.2, 0.25) is 0 Å². The molecule has 1 aliphatic rings. The summed E-state index contributed by atoms with van der Waals surface area (Å²) in [7, 11) is 0. The summed E-state index contributed by atoms with van der Waals surface area (Å²) in [6.07, 6.45) is 5.95. The molecule has 1 aliphatic carbocycles. The molecule has 0 bridgehead atoms. The van der Waals surface area contributed by atoms with E-state index in [1.165, 1.54) is 50.9 Å². The molecule has 3 aromatic rings. The topological polar surface area (TPSA) is 0 Å². The highest BCUT2D eigenvalue weighted by Gasteiger charge is 2.22. The van der Waals surface area contributed by atoms with Crippen molar-refractivity contribution in [1.82, 2.24) is 0 Å². The predicted octanol–water partition coefficient (Wildman–Crippen LogP) is 7.32. The second-order valence-electron chi connectivity index (χ2n) is 7.27. The summed E-state index contributed by atoms with van der Waals surface area (Å²) in [6, 6.07) is 24.0. The minimum atomic E-state index is 0.597. The van der Waals surface area contributed by atoms with Gasteiger partial charge >= 0.3 is 0 Å². The molecular formula is C26H25. The average Bonchev–Trinajstić information content (AvgIpc) is 3.12. The lowest BCUT2D eigenvalue weighted by Gasteiger charge is -2.16. The molecule has 0 aliphatic heterocycles. The fourth-order valence-corrected chi connectivity index (χ4v) is 3.86. The Bertz CT molecular complexity index is 961. The Labute approximate surface area is 157 Å². The van der Waals surface area contributed by atoms with Gasteiger partial charge in [-0.15, -0.1) is 0 Å². The van der Waals surface area contributed by atoms with E-state index in [2.05, 4.69) is 100.0 Å². The van der Waals surface area contributed by atoms with E-state index in [4.69, 9.17) is 0 Å². The van der Waals surface area contributed by atoms with E-state index >= 15 is 0 Å². The van der Waals surface area contributed by atoms with Crippen molar-refractivity contribution in [3.63, 3.8) is 0 Å². The van der Waals surface area contributed by atoms with Gasteiger partial charge in [-0.1, -0.05) is 92.2 Å². The normalized spacial score (nSPS) is 14.0. The molecule has 3 aromatic carbocycles. The molecule has 0 nitrogen and oxygen atoms in total. The first-order valence-electron chi connectivity index (χ1n) is 9.53. The quantitative estimate of drug-likeness (QED) is 0.467. The number of allylic oxidation sites excluding steroid dienone is 1. The Hall–Kier alpha value is -2.60. The van der Waals surface area contributed by atoms with Gasteiger partial charge in [0.1, 0.15) is 0 Å². The molecule has 4 rings (SSSR count). The van der Waals surface area contributed by atoms with Crippen molar-refractivity contribution in [3.8, 4) is 22.3 Å². The van der Waals surface area contributed by atoms with Gasteiger partial charge < -0.3 is 0 Å². The van der Waals surface area contributed by atoms with Crippen molar-refractivity contribution < 1.29 is 0 Å². The molecule has 0 N–H and O–H groups in total. The number of fused-ring (bicyclic) bond motifs is 1. The van der Waals surface area contributed by atoms with Crippen LogP contribution in [0.25, 0.3) is 28.3 Å². The van der Waals surface area contributed by atoms with Crippen molar-refractivity contribution in [2.24, 2.45) is 5.92 Å². The van der Waals surface area contributed by atoms with E-state index < -0.39 is 0 Å². The standard InChI is InChI=1S/C26H25/c1-4-18(2)22-16-21-15-14-19(3)26(25(21)17-22)24-13-9-8-12-23(24)20-10-6-5-7-11-20/h5-18H,4H2,1-3H3. The molecule has 0 fully saturated rings. The maximum Gasteiger partial charge on any atom is 0.0167 e. The van der Waals surface area contributed by atoms with Gasteiger partial charge in [0, 0.05) is 6.42 Å². The van der Waals surface area contributed by atoms with Crippen LogP contribution in [0.15, 0.2) is 72.3 Å². The third kappa shape index (κ3) is 2.90. The zero-order valence-electron chi connectivity index (χ0n) is 15.8. The van der Waals surface area contributed by atoms with E-state index in [0.29, 0.717) is 5.92 Å². The van der Waals surface area contributed by atoms with Gasteiger partial charge in [-0.25, -0.2) is 0 Å². The highest BCUT2D eigenvalue weighted by molar-refractivity contribution is 5.92. The summed E-state index contributed by atoms with van der Waals surface area (Å²) in [5.41, 5.74) is 10.8. The van der Waals surface area contributed by atoms with Crippen LogP contribution < -0.4 is 0 Å². The highest BCUT2D eigenvalue weighted by Crippen LogP contribution is 2.42. The van der Waals surface area contributed by atoms with Crippen LogP contribution in [0.4, 0.5) is 0 Å². The minimum Gasteiger partial charge on any atom is -0.0648 e. The van der Waals surface area contributed by atoms with Gasteiger partial charge in [-0.2, -0.15) is 0 Å². The Morgan fingerprint density at radius 1 is 0.808 bits per heavy atom. The molecule has 129 valence electrons. The van der Waals surface area contributed by atoms with Crippen LogP contribution in [0.1, 0.15) is 37.0 Å². The van der Waals surface area contributed by atoms with Crippen LogP contribution in [0.3, 0.4) is 0 Å². The van der Waals surface area contributed by atoms with Crippen molar-refractivity contribution in [2.45, 2.75) is 27.2 Å². The second kappa shape index (κ2) is 6.96.